The number of amidine groups is 1. The van der Waals surface area contributed by atoms with Gasteiger partial charge in [-0.25, -0.2) is 0 Å². The van der Waals surface area contributed by atoms with Crippen molar-refractivity contribution in [3.63, 3.8) is 0 Å². The van der Waals surface area contributed by atoms with Crippen LogP contribution in [0.2, 0.25) is 0 Å². The van der Waals surface area contributed by atoms with E-state index >= 15 is 0 Å². The van der Waals surface area contributed by atoms with Crippen molar-refractivity contribution in [2.24, 2.45) is 10.7 Å². The zero-order chi connectivity index (χ0) is 16.9. The lowest BCUT2D eigenvalue weighted by molar-refractivity contribution is -0.128. The molecule has 2 aromatic rings. The maximum atomic E-state index is 12.3. The lowest BCUT2D eigenvalue weighted by atomic mass is 10.1. The van der Waals surface area contributed by atoms with Gasteiger partial charge in [-0.2, -0.15) is 0 Å². The first-order valence-corrected chi connectivity index (χ1v) is 8.32. The van der Waals surface area contributed by atoms with Gasteiger partial charge in [0.15, 0.2) is 0 Å². The molecule has 1 amide bonds. The van der Waals surface area contributed by atoms with Crippen LogP contribution in [-0.2, 0) is 17.9 Å². The van der Waals surface area contributed by atoms with Crippen LogP contribution in [0.25, 0.3) is 0 Å². The standard InChI is InChI=1S/C20H23N3O/c1-15-7-9-17(10-8-15)14-23-18(11-12-19(23)24)20(21)22-13-16-5-3-2-4-6-16/h2-10,18H,11-14H2,1H3,(H2,21,22)/t18-/m0/s1. The minimum absolute atomic E-state index is 0.0949. The summed E-state index contributed by atoms with van der Waals surface area (Å²) in [7, 11) is 0. The molecule has 3 rings (SSSR count). The number of likely N-dealkylation sites (tertiary alicyclic amines) is 1. The molecule has 1 atom stereocenters. The number of aryl methyl sites for hydroxylation is 1. The first-order valence-electron chi connectivity index (χ1n) is 8.32. The van der Waals surface area contributed by atoms with Gasteiger partial charge in [0, 0.05) is 13.0 Å². The summed E-state index contributed by atoms with van der Waals surface area (Å²) in [5.41, 5.74) is 9.67. The molecule has 0 radical (unpaired) electrons. The molecule has 4 nitrogen and oxygen atoms in total. The Morgan fingerprint density at radius 3 is 2.54 bits per heavy atom. The van der Waals surface area contributed by atoms with Crippen LogP contribution in [0.15, 0.2) is 59.6 Å². The highest BCUT2D eigenvalue weighted by atomic mass is 16.2. The van der Waals surface area contributed by atoms with Gasteiger partial charge in [-0.1, -0.05) is 60.2 Å². The average molecular weight is 321 g/mol. The van der Waals surface area contributed by atoms with E-state index in [0.29, 0.717) is 25.3 Å². The third-order valence-electron chi connectivity index (χ3n) is 4.43. The van der Waals surface area contributed by atoms with Crippen molar-refractivity contribution >= 4 is 11.7 Å². The molecule has 1 saturated heterocycles. The first-order chi connectivity index (χ1) is 11.6. The number of hydrogen-bond acceptors (Lipinski definition) is 2. The molecule has 24 heavy (non-hydrogen) atoms. The highest BCUT2D eigenvalue weighted by molar-refractivity contribution is 5.93. The second-order valence-corrected chi connectivity index (χ2v) is 6.29. The molecule has 0 aliphatic carbocycles. The lowest BCUT2D eigenvalue weighted by Gasteiger charge is -2.24. The van der Waals surface area contributed by atoms with E-state index in [1.54, 1.807) is 0 Å². The van der Waals surface area contributed by atoms with Crippen LogP contribution in [-0.4, -0.2) is 22.7 Å². The van der Waals surface area contributed by atoms with Gasteiger partial charge in [-0.15, -0.1) is 0 Å². The Bertz CT molecular complexity index is 722. The number of aliphatic imine (C=N–C) groups is 1. The second kappa shape index (κ2) is 7.30. The van der Waals surface area contributed by atoms with Crippen molar-refractivity contribution in [1.82, 2.24) is 4.90 Å². The fourth-order valence-electron chi connectivity index (χ4n) is 3.00. The molecule has 1 aliphatic heterocycles. The maximum absolute atomic E-state index is 12.3. The highest BCUT2D eigenvalue weighted by Crippen LogP contribution is 2.22. The second-order valence-electron chi connectivity index (χ2n) is 6.29. The maximum Gasteiger partial charge on any atom is 0.223 e. The van der Waals surface area contributed by atoms with Crippen molar-refractivity contribution in [2.75, 3.05) is 0 Å². The molecular weight excluding hydrogens is 298 g/mol. The summed E-state index contributed by atoms with van der Waals surface area (Å²) in [6.07, 6.45) is 1.28. The number of benzene rings is 2. The minimum atomic E-state index is -0.0949. The normalized spacial score (nSPS) is 18.2. The summed E-state index contributed by atoms with van der Waals surface area (Å²) in [6.45, 7) is 3.20. The van der Waals surface area contributed by atoms with E-state index in [-0.39, 0.29) is 11.9 Å². The Hall–Kier alpha value is -2.62. The zero-order valence-corrected chi connectivity index (χ0v) is 14.0. The van der Waals surface area contributed by atoms with Crippen LogP contribution in [0, 0.1) is 6.92 Å². The van der Waals surface area contributed by atoms with Crippen LogP contribution >= 0.6 is 0 Å². The molecule has 0 unspecified atom stereocenters. The monoisotopic (exact) mass is 321 g/mol. The third kappa shape index (κ3) is 3.82. The van der Waals surface area contributed by atoms with Gasteiger partial charge in [-0.05, 0) is 24.5 Å². The Labute approximate surface area is 143 Å². The Kier molecular flexibility index (Phi) is 4.94. The Balaban J connectivity index is 1.71. The number of hydrogen-bond donors (Lipinski definition) is 1. The van der Waals surface area contributed by atoms with E-state index in [0.717, 1.165) is 17.5 Å². The molecule has 1 heterocycles. The number of nitrogens with two attached hydrogens (primary N) is 1. The van der Waals surface area contributed by atoms with Gasteiger partial charge in [0.1, 0.15) is 5.84 Å². The summed E-state index contributed by atoms with van der Waals surface area (Å²) in [5.74, 6) is 0.704. The largest absolute Gasteiger partial charge is 0.386 e. The van der Waals surface area contributed by atoms with Crippen LogP contribution in [0.4, 0.5) is 0 Å². The molecule has 2 aromatic carbocycles. The summed E-state index contributed by atoms with van der Waals surface area (Å²) in [6, 6.07) is 18.2. The van der Waals surface area contributed by atoms with Crippen LogP contribution in [0.1, 0.15) is 29.5 Å². The molecule has 1 fully saturated rings. The van der Waals surface area contributed by atoms with E-state index in [4.69, 9.17) is 5.73 Å². The van der Waals surface area contributed by atoms with Crippen molar-refractivity contribution < 1.29 is 4.79 Å². The summed E-state index contributed by atoms with van der Waals surface area (Å²) < 4.78 is 0. The van der Waals surface area contributed by atoms with Crippen molar-refractivity contribution in [3.05, 3.63) is 71.3 Å². The zero-order valence-electron chi connectivity index (χ0n) is 14.0. The molecule has 4 heteroatoms. The summed E-state index contributed by atoms with van der Waals surface area (Å²) in [4.78, 5) is 18.6. The van der Waals surface area contributed by atoms with Gasteiger partial charge >= 0.3 is 0 Å². The lowest BCUT2D eigenvalue weighted by Crippen LogP contribution is -2.42. The third-order valence-corrected chi connectivity index (χ3v) is 4.43. The SMILES string of the molecule is Cc1ccc(CN2C(=O)CC[C@H]2C(N)=NCc2ccccc2)cc1. The topological polar surface area (TPSA) is 58.7 Å². The fraction of sp³-hybridized carbons (Fsp3) is 0.300. The molecule has 124 valence electrons. The van der Waals surface area contributed by atoms with Gasteiger partial charge in [0.05, 0.1) is 12.6 Å². The van der Waals surface area contributed by atoms with Crippen LogP contribution in [0.5, 0.6) is 0 Å². The summed E-state index contributed by atoms with van der Waals surface area (Å²) in [5, 5.41) is 0. The Morgan fingerprint density at radius 1 is 1.12 bits per heavy atom. The molecule has 0 saturated carbocycles. The van der Waals surface area contributed by atoms with E-state index in [1.807, 2.05) is 35.2 Å². The predicted molar refractivity (Wildman–Crippen MR) is 96.5 cm³/mol. The molecule has 0 aromatic heterocycles. The summed E-state index contributed by atoms with van der Waals surface area (Å²) >= 11 is 0. The number of carbonyl (C=O) groups is 1. The van der Waals surface area contributed by atoms with E-state index < -0.39 is 0 Å². The Morgan fingerprint density at radius 2 is 1.83 bits per heavy atom. The van der Waals surface area contributed by atoms with Crippen LogP contribution in [0.3, 0.4) is 0 Å². The number of rotatable bonds is 5. The smallest absolute Gasteiger partial charge is 0.223 e. The van der Waals surface area contributed by atoms with Crippen molar-refractivity contribution in [3.8, 4) is 0 Å². The molecule has 2 N–H and O–H groups in total. The van der Waals surface area contributed by atoms with Gasteiger partial charge in [0.2, 0.25) is 5.91 Å². The predicted octanol–water partition coefficient (Wildman–Crippen LogP) is 3.04. The number of nitrogens with zero attached hydrogens (tertiary/aromatic N) is 2. The van der Waals surface area contributed by atoms with Gasteiger partial charge < -0.3 is 10.6 Å². The van der Waals surface area contributed by atoms with Gasteiger partial charge in [0.25, 0.3) is 0 Å². The van der Waals surface area contributed by atoms with E-state index in [9.17, 15) is 4.79 Å². The molecule has 0 bridgehead atoms. The van der Waals surface area contributed by atoms with Gasteiger partial charge in [-0.3, -0.25) is 9.79 Å². The van der Waals surface area contributed by atoms with E-state index in [2.05, 4.69) is 36.2 Å². The molecule has 1 aliphatic rings. The fourth-order valence-corrected chi connectivity index (χ4v) is 3.00. The van der Waals surface area contributed by atoms with Crippen molar-refractivity contribution in [2.45, 2.75) is 38.9 Å². The quantitative estimate of drug-likeness (QED) is 0.680. The van der Waals surface area contributed by atoms with E-state index in [1.165, 1.54) is 5.56 Å². The average Bonchev–Trinajstić information content (AvgIpc) is 2.96. The minimum Gasteiger partial charge on any atom is -0.386 e. The first kappa shape index (κ1) is 16.2. The number of amides is 1. The molecular formula is C20H23N3O. The molecule has 0 spiro atoms. The number of carbonyl (C=O) groups excluding carboxylic acids is 1. The highest BCUT2D eigenvalue weighted by Gasteiger charge is 2.33. The van der Waals surface area contributed by atoms with Crippen LogP contribution < -0.4 is 5.73 Å². The van der Waals surface area contributed by atoms with Crippen molar-refractivity contribution in [1.29, 1.82) is 0 Å².